The molecule has 1 aromatic carbocycles. The van der Waals surface area contributed by atoms with Gasteiger partial charge >= 0.3 is 0 Å². The molecule has 0 aliphatic carbocycles. The minimum absolute atomic E-state index is 0.884. The molecule has 0 radical (unpaired) electrons. The maximum Gasteiger partial charge on any atom is 0.0605 e. The third kappa shape index (κ3) is 5.38. The molecular formula is C17H25N. The first kappa shape index (κ1) is 14.8. The molecule has 1 aromatic rings. The molecule has 1 nitrogen and oxygen atoms in total. The van der Waals surface area contributed by atoms with E-state index in [0.29, 0.717) is 0 Å². The van der Waals surface area contributed by atoms with Crippen LogP contribution in [0.1, 0.15) is 43.4 Å². The lowest BCUT2D eigenvalue weighted by Crippen LogP contribution is -2.25. The van der Waals surface area contributed by atoms with Crippen molar-refractivity contribution in [1.82, 2.24) is 4.90 Å². The fourth-order valence-corrected chi connectivity index (χ4v) is 2.20. The van der Waals surface area contributed by atoms with Gasteiger partial charge in [-0.1, -0.05) is 31.8 Å². The summed E-state index contributed by atoms with van der Waals surface area (Å²) in [6.07, 6.45) is 2.40. The Morgan fingerprint density at radius 2 is 1.50 bits per heavy atom. The van der Waals surface area contributed by atoms with Crippen LogP contribution in [0.5, 0.6) is 0 Å². The van der Waals surface area contributed by atoms with Crippen LogP contribution in [0.4, 0.5) is 0 Å². The second kappa shape index (κ2) is 7.95. The van der Waals surface area contributed by atoms with Gasteiger partial charge < -0.3 is 0 Å². The molecule has 0 unspecified atom stereocenters. The minimum atomic E-state index is 0.884. The number of hydrogen-bond donors (Lipinski definition) is 0. The predicted molar refractivity (Wildman–Crippen MR) is 79.8 cm³/mol. The zero-order chi connectivity index (χ0) is 13.4. The van der Waals surface area contributed by atoms with Crippen LogP contribution >= 0.6 is 0 Å². The lowest BCUT2D eigenvalue weighted by atomic mass is 10.1. The summed E-state index contributed by atoms with van der Waals surface area (Å²) in [4.78, 5) is 2.43. The average Bonchev–Trinajstić information content (AvgIpc) is 2.28. The fraction of sp³-hybridized carbons (Fsp3) is 0.529. The molecule has 0 bridgehead atoms. The molecule has 18 heavy (non-hydrogen) atoms. The summed E-state index contributed by atoms with van der Waals surface area (Å²) in [5.41, 5.74) is 3.72. The largest absolute Gasteiger partial charge is 0.292 e. The van der Waals surface area contributed by atoms with E-state index in [0.717, 1.165) is 25.2 Å². The molecule has 0 heterocycles. The Hall–Kier alpha value is -1.26. The zero-order valence-electron chi connectivity index (χ0n) is 12.2. The van der Waals surface area contributed by atoms with Gasteiger partial charge in [-0.15, -0.1) is 0 Å². The summed E-state index contributed by atoms with van der Waals surface area (Å²) in [5.74, 6) is 6.58. The first-order valence-electron chi connectivity index (χ1n) is 6.95. The van der Waals surface area contributed by atoms with Crippen molar-refractivity contribution in [3.63, 3.8) is 0 Å². The first-order valence-corrected chi connectivity index (χ1v) is 6.95. The molecule has 0 saturated carbocycles. The number of nitrogens with zero attached hydrogens (tertiary/aromatic N) is 1. The molecule has 0 aromatic heterocycles. The van der Waals surface area contributed by atoms with Crippen LogP contribution in [0.3, 0.4) is 0 Å². The topological polar surface area (TPSA) is 3.24 Å². The molecule has 98 valence electrons. The number of aryl methyl sites for hydroxylation is 2. The van der Waals surface area contributed by atoms with E-state index in [4.69, 9.17) is 0 Å². The third-order valence-corrected chi connectivity index (χ3v) is 2.84. The SMILES string of the molecule is CCCN(CC#Cc1cc(C)cc(C)c1)CCC. The summed E-state index contributed by atoms with van der Waals surface area (Å²) >= 11 is 0. The van der Waals surface area contributed by atoms with Crippen molar-refractivity contribution in [3.8, 4) is 11.8 Å². The maximum atomic E-state index is 3.30. The minimum Gasteiger partial charge on any atom is -0.292 e. The van der Waals surface area contributed by atoms with Crippen LogP contribution in [-0.4, -0.2) is 24.5 Å². The van der Waals surface area contributed by atoms with Gasteiger partial charge in [0.05, 0.1) is 6.54 Å². The van der Waals surface area contributed by atoms with E-state index < -0.39 is 0 Å². The van der Waals surface area contributed by atoms with Crippen LogP contribution in [0.15, 0.2) is 18.2 Å². The Balaban J connectivity index is 2.63. The van der Waals surface area contributed by atoms with E-state index in [1.54, 1.807) is 0 Å². The Kier molecular flexibility index (Phi) is 6.54. The van der Waals surface area contributed by atoms with E-state index in [1.165, 1.54) is 24.0 Å². The van der Waals surface area contributed by atoms with Crippen molar-refractivity contribution in [1.29, 1.82) is 0 Å². The molecule has 1 rings (SSSR count). The van der Waals surface area contributed by atoms with Crippen molar-refractivity contribution >= 4 is 0 Å². The van der Waals surface area contributed by atoms with Gasteiger partial charge in [-0.25, -0.2) is 0 Å². The lowest BCUT2D eigenvalue weighted by Gasteiger charge is -2.17. The van der Waals surface area contributed by atoms with E-state index >= 15 is 0 Å². The monoisotopic (exact) mass is 243 g/mol. The van der Waals surface area contributed by atoms with Gasteiger partial charge in [0.25, 0.3) is 0 Å². The number of rotatable bonds is 5. The Labute approximate surface area is 112 Å². The smallest absolute Gasteiger partial charge is 0.0605 e. The van der Waals surface area contributed by atoms with Crippen molar-refractivity contribution < 1.29 is 0 Å². The summed E-state index contributed by atoms with van der Waals surface area (Å²) in [6, 6.07) is 6.50. The summed E-state index contributed by atoms with van der Waals surface area (Å²) in [5, 5.41) is 0. The van der Waals surface area contributed by atoms with Gasteiger partial charge in [-0.3, -0.25) is 4.90 Å². The van der Waals surface area contributed by atoms with Crippen molar-refractivity contribution in [2.75, 3.05) is 19.6 Å². The molecule has 0 aliphatic heterocycles. The van der Waals surface area contributed by atoms with Crippen molar-refractivity contribution in [2.24, 2.45) is 0 Å². The first-order chi connectivity index (χ1) is 8.65. The summed E-state index contributed by atoms with van der Waals surface area (Å²) in [7, 11) is 0. The molecule has 0 amide bonds. The van der Waals surface area contributed by atoms with Crippen molar-refractivity contribution in [2.45, 2.75) is 40.5 Å². The Morgan fingerprint density at radius 3 is 2.00 bits per heavy atom. The zero-order valence-corrected chi connectivity index (χ0v) is 12.2. The van der Waals surface area contributed by atoms with Crippen LogP contribution in [0, 0.1) is 25.7 Å². The van der Waals surface area contributed by atoms with Crippen LogP contribution < -0.4 is 0 Å². The highest BCUT2D eigenvalue weighted by molar-refractivity contribution is 5.40. The molecule has 0 fully saturated rings. The molecule has 1 heteroatoms. The molecule has 0 aliphatic rings. The molecular weight excluding hydrogens is 218 g/mol. The second-order valence-corrected chi connectivity index (χ2v) is 4.95. The molecule has 0 spiro atoms. The third-order valence-electron chi connectivity index (χ3n) is 2.84. The van der Waals surface area contributed by atoms with E-state index in [1.807, 2.05) is 0 Å². The van der Waals surface area contributed by atoms with Gasteiger partial charge in [0.1, 0.15) is 0 Å². The standard InChI is InChI=1S/C17H25N/c1-5-9-18(10-6-2)11-7-8-17-13-15(3)12-16(4)14-17/h12-14H,5-6,9-11H2,1-4H3. The van der Waals surface area contributed by atoms with Gasteiger partial charge in [-0.05, 0) is 63.0 Å². The number of hydrogen-bond acceptors (Lipinski definition) is 1. The summed E-state index contributed by atoms with van der Waals surface area (Å²) < 4.78 is 0. The van der Waals surface area contributed by atoms with Crippen molar-refractivity contribution in [3.05, 3.63) is 34.9 Å². The molecule has 0 N–H and O–H groups in total. The fourth-order valence-electron chi connectivity index (χ4n) is 2.20. The average molecular weight is 243 g/mol. The van der Waals surface area contributed by atoms with Crippen LogP contribution in [-0.2, 0) is 0 Å². The highest BCUT2D eigenvalue weighted by atomic mass is 15.1. The summed E-state index contributed by atoms with van der Waals surface area (Å²) in [6.45, 7) is 11.9. The second-order valence-electron chi connectivity index (χ2n) is 4.95. The maximum absolute atomic E-state index is 3.30. The number of benzene rings is 1. The van der Waals surface area contributed by atoms with E-state index in [-0.39, 0.29) is 0 Å². The highest BCUT2D eigenvalue weighted by Gasteiger charge is 1.99. The van der Waals surface area contributed by atoms with E-state index in [2.05, 4.69) is 62.6 Å². The van der Waals surface area contributed by atoms with Gasteiger partial charge in [0, 0.05) is 5.56 Å². The van der Waals surface area contributed by atoms with Crippen LogP contribution in [0.2, 0.25) is 0 Å². The molecule has 0 atom stereocenters. The normalized spacial score (nSPS) is 10.3. The Bertz CT molecular complexity index is 397. The quantitative estimate of drug-likeness (QED) is 0.711. The highest BCUT2D eigenvalue weighted by Crippen LogP contribution is 2.07. The predicted octanol–water partition coefficient (Wildman–Crippen LogP) is 3.78. The van der Waals surface area contributed by atoms with Gasteiger partial charge in [0.2, 0.25) is 0 Å². The van der Waals surface area contributed by atoms with Gasteiger partial charge in [-0.2, -0.15) is 0 Å². The van der Waals surface area contributed by atoms with Crippen LogP contribution in [0.25, 0.3) is 0 Å². The van der Waals surface area contributed by atoms with E-state index in [9.17, 15) is 0 Å². The van der Waals surface area contributed by atoms with Gasteiger partial charge in [0.15, 0.2) is 0 Å². The Morgan fingerprint density at radius 1 is 0.944 bits per heavy atom. The lowest BCUT2D eigenvalue weighted by molar-refractivity contribution is 0.308. The molecule has 0 saturated heterocycles.